The first-order valence-electron chi connectivity index (χ1n) is 12.7. The summed E-state index contributed by atoms with van der Waals surface area (Å²) in [5, 5.41) is 0.633. The normalized spacial score (nSPS) is 18.0. The van der Waals surface area contributed by atoms with E-state index < -0.39 is 23.1 Å². The molecule has 0 saturated carbocycles. The monoisotopic (exact) mass is 536 g/mol. The first kappa shape index (κ1) is 27.3. The second kappa shape index (κ2) is 11.3. The first-order valence-corrected chi connectivity index (χ1v) is 13.1. The summed E-state index contributed by atoms with van der Waals surface area (Å²) in [6.07, 6.45) is -0.332. The van der Waals surface area contributed by atoms with Crippen molar-refractivity contribution in [3.8, 4) is 5.75 Å². The summed E-state index contributed by atoms with van der Waals surface area (Å²) in [5.74, 6) is 0.0696. The Balaban J connectivity index is 1.50. The Bertz CT molecular complexity index is 1120. The molecule has 0 aliphatic carbocycles. The van der Waals surface area contributed by atoms with Crippen molar-refractivity contribution in [3.63, 3.8) is 0 Å². The first-order chi connectivity index (χ1) is 17.6. The van der Waals surface area contributed by atoms with Gasteiger partial charge in [-0.3, -0.25) is 9.59 Å². The summed E-state index contributed by atoms with van der Waals surface area (Å²) >= 11 is 6.13. The number of halogens is 4. The molecule has 2 aliphatic heterocycles. The maximum absolute atomic E-state index is 13.5. The van der Waals surface area contributed by atoms with Crippen LogP contribution in [0.1, 0.15) is 60.0 Å². The number of carbonyl (C=O) groups excluding carboxylic acids is 2. The summed E-state index contributed by atoms with van der Waals surface area (Å²) in [4.78, 5) is 29.7. The van der Waals surface area contributed by atoms with Crippen LogP contribution in [0.4, 0.5) is 13.2 Å². The molecule has 200 valence electrons. The van der Waals surface area contributed by atoms with Gasteiger partial charge in [0.15, 0.2) is 0 Å². The van der Waals surface area contributed by atoms with Gasteiger partial charge in [0.2, 0.25) is 5.91 Å². The van der Waals surface area contributed by atoms with E-state index in [1.807, 2.05) is 17.9 Å². The van der Waals surface area contributed by atoms with Gasteiger partial charge in [-0.2, -0.15) is 13.2 Å². The maximum atomic E-state index is 13.5. The van der Waals surface area contributed by atoms with Gasteiger partial charge >= 0.3 is 6.18 Å². The van der Waals surface area contributed by atoms with Crippen LogP contribution in [0.15, 0.2) is 42.5 Å². The summed E-state index contributed by atoms with van der Waals surface area (Å²) in [5.41, 5.74) is -0.928. The molecule has 0 N–H and O–H groups in total. The van der Waals surface area contributed by atoms with Crippen LogP contribution in [-0.2, 0) is 11.0 Å². The average Bonchev–Trinajstić information content (AvgIpc) is 2.89. The highest BCUT2D eigenvalue weighted by atomic mass is 35.5. The fourth-order valence-corrected chi connectivity index (χ4v) is 5.28. The van der Waals surface area contributed by atoms with Crippen LogP contribution in [-0.4, -0.2) is 54.4 Å². The SMILES string of the molecule is Cc1cc(OCC2(CC(=O)N3CCCCC3)CCN(C(=O)c3ccccc3C(F)(F)F)CC2)ccc1Cl. The third kappa shape index (κ3) is 6.58. The van der Waals surface area contributed by atoms with E-state index in [-0.39, 0.29) is 37.6 Å². The van der Waals surface area contributed by atoms with E-state index in [4.69, 9.17) is 16.3 Å². The lowest BCUT2D eigenvalue weighted by Crippen LogP contribution is -2.48. The molecule has 0 unspecified atom stereocenters. The molecule has 5 nitrogen and oxygen atoms in total. The van der Waals surface area contributed by atoms with E-state index in [0.717, 1.165) is 44.0 Å². The minimum atomic E-state index is -4.61. The number of nitrogens with zero attached hydrogens (tertiary/aromatic N) is 2. The van der Waals surface area contributed by atoms with Crippen molar-refractivity contribution in [1.82, 2.24) is 9.80 Å². The molecule has 0 bridgehead atoms. The molecule has 2 fully saturated rings. The lowest BCUT2D eigenvalue weighted by atomic mass is 9.75. The van der Waals surface area contributed by atoms with E-state index in [1.165, 1.54) is 23.1 Å². The highest BCUT2D eigenvalue weighted by Crippen LogP contribution is 2.39. The molecular formula is C28H32ClF3N2O3. The van der Waals surface area contributed by atoms with Gasteiger partial charge in [0.25, 0.3) is 5.91 Å². The molecule has 2 amide bonds. The number of ether oxygens (including phenoxy) is 1. The third-order valence-corrected chi connectivity index (χ3v) is 7.91. The van der Waals surface area contributed by atoms with Crippen molar-refractivity contribution >= 4 is 23.4 Å². The topological polar surface area (TPSA) is 49.9 Å². The van der Waals surface area contributed by atoms with Crippen LogP contribution in [0.2, 0.25) is 5.02 Å². The van der Waals surface area contributed by atoms with Gasteiger partial charge in [-0.15, -0.1) is 0 Å². The summed E-state index contributed by atoms with van der Waals surface area (Å²) in [6, 6.07) is 10.3. The van der Waals surface area contributed by atoms with E-state index in [1.54, 1.807) is 12.1 Å². The molecule has 2 aliphatic rings. The zero-order valence-electron chi connectivity index (χ0n) is 21.0. The molecule has 2 saturated heterocycles. The molecule has 0 aromatic heterocycles. The van der Waals surface area contributed by atoms with Crippen LogP contribution < -0.4 is 4.74 Å². The van der Waals surface area contributed by atoms with E-state index in [9.17, 15) is 22.8 Å². The number of benzene rings is 2. The molecule has 0 atom stereocenters. The van der Waals surface area contributed by atoms with Crippen molar-refractivity contribution < 1.29 is 27.5 Å². The number of aryl methyl sites for hydroxylation is 1. The van der Waals surface area contributed by atoms with Crippen LogP contribution >= 0.6 is 11.6 Å². The standard InChI is InChI=1S/C28H32ClF3N2O3/c1-20-17-21(9-10-24(20)29)37-19-27(18-25(35)33-13-5-2-6-14-33)11-15-34(16-12-27)26(36)22-7-3-4-8-23(22)28(30,31)32/h3-4,7-10,17H,2,5-6,11-16,18-19H2,1H3. The number of likely N-dealkylation sites (tertiary alicyclic amines) is 2. The predicted octanol–water partition coefficient (Wildman–Crippen LogP) is 6.37. The zero-order chi connectivity index (χ0) is 26.6. The number of rotatable bonds is 6. The number of hydrogen-bond donors (Lipinski definition) is 0. The minimum Gasteiger partial charge on any atom is -0.493 e. The number of carbonyl (C=O) groups is 2. The molecule has 2 aromatic carbocycles. The Labute approximate surface area is 220 Å². The Morgan fingerprint density at radius 1 is 0.973 bits per heavy atom. The highest BCUT2D eigenvalue weighted by Gasteiger charge is 2.41. The molecule has 2 heterocycles. The maximum Gasteiger partial charge on any atom is 0.417 e. The van der Waals surface area contributed by atoms with Crippen molar-refractivity contribution in [2.45, 2.75) is 51.6 Å². The zero-order valence-corrected chi connectivity index (χ0v) is 21.7. The molecule has 37 heavy (non-hydrogen) atoms. The number of alkyl halides is 3. The Kier molecular flexibility index (Phi) is 8.36. The van der Waals surface area contributed by atoms with Crippen LogP contribution in [0.25, 0.3) is 0 Å². The predicted molar refractivity (Wildman–Crippen MR) is 136 cm³/mol. The van der Waals surface area contributed by atoms with E-state index in [2.05, 4.69) is 0 Å². The Hall–Kier alpha value is -2.74. The van der Waals surface area contributed by atoms with Crippen LogP contribution in [0.5, 0.6) is 5.75 Å². The summed E-state index contributed by atoms with van der Waals surface area (Å²) < 4.78 is 46.6. The lowest BCUT2D eigenvalue weighted by molar-refractivity contribution is -0.138. The third-order valence-electron chi connectivity index (χ3n) is 7.48. The molecule has 2 aromatic rings. The molecule has 0 spiro atoms. The number of hydrogen-bond acceptors (Lipinski definition) is 3. The van der Waals surface area contributed by atoms with Gasteiger partial charge in [-0.25, -0.2) is 0 Å². The van der Waals surface area contributed by atoms with Crippen LogP contribution in [0.3, 0.4) is 0 Å². The van der Waals surface area contributed by atoms with Gasteiger partial charge in [-0.1, -0.05) is 23.7 Å². The van der Waals surface area contributed by atoms with Gasteiger partial charge in [-0.05, 0) is 74.9 Å². The second-order valence-corrected chi connectivity index (χ2v) is 10.6. The van der Waals surface area contributed by atoms with Gasteiger partial charge in [0.05, 0.1) is 17.7 Å². The quantitative estimate of drug-likeness (QED) is 0.431. The van der Waals surface area contributed by atoms with Crippen LogP contribution in [0, 0.1) is 12.3 Å². The fourth-order valence-electron chi connectivity index (χ4n) is 5.16. The van der Waals surface area contributed by atoms with Gasteiger partial charge in [0.1, 0.15) is 5.75 Å². The highest BCUT2D eigenvalue weighted by molar-refractivity contribution is 6.31. The van der Waals surface area contributed by atoms with Gasteiger partial charge in [0, 0.05) is 43.0 Å². The summed E-state index contributed by atoms with van der Waals surface area (Å²) in [6.45, 7) is 4.14. The number of piperidine rings is 2. The van der Waals surface area contributed by atoms with Crippen molar-refractivity contribution in [2.75, 3.05) is 32.8 Å². The number of amides is 2. The van der Waals surface area contributed by atoms with E-state index in [0.29, 0.717) is 23.6 Å². The molecule has 0 radical (unpaired) electrons. The molecule has 4 rings (SSSR count). The van der Waals surface area contributed by atoms with Gasteiger partial charge < -0.3 is 14.5 Å². The lowest BCUT2D eigenvalue weighted by Gasteiger charge is -2.42. The largest absolute Gasteiger partial charge is 0.493 e. The molecule has 9 heteroatoms. The van der Waals surface area contributed by atoms with E-state index >= 15 is 0 Å². The Morgan fingerprint density at radius 3 is 2.30 bits per heavy atom. The van der Waals surface area contributed by atoms with Crippen molar-refractivity contribution in [1.29, 1.82) is 0 Å². The van der Waals surface area contributed by atoms with Crippen molar-refractivity contribution in [2.24, 2.45) is 5.41 Å². The molecular weight excluding hydrogens is 505 g/mol. The second-order valence-electron chi connectivity index (χ2n) is 10.2. The fraction of sp³-hybridized carbons (Fsp3) is 0.500. The average molecular weight is 537 g/mol. The van der Waals surface area contributed by atoms with Crippen molar-refractivity contribution in [3.05, 3.63) is 64.2 Å². The Morgan fingerprint density at radius 2 is 1.65 bits per heavy atom. The smallest absolute Gasteiger partial charge is 0.417 e. The minimum absolute atomic E-state index is 0.0674. The summed E-state index contributed by atoms with van der Waals surface area (Å²) in [7, 11) is 0.